The first-order valence-electron chi connectivity index (χ1n) is 5.05. The van der Waals surface area contributed by atoms with Crippen molar-refractivity contribution in [1.82, 2.24) is 4.98 Å². The first-order chi connectivity index (χ1) is 8.02. The van der Waals surface area contributed by atoms with Gasteiger partial charge in [0.2, 0.25) is 5.91 Å². The van der Waals surface area contributed by atoms with Gasteiger partial charge in [-0.25, -0.2) is 4.98 Å². The van der Waals surface area contributed by atoms with E-state index in [0.717, 1.165) is 0 Å². The van der Waals surface area contributed by atoms with Crippen LogP contribution in [-0.4, -0.2) is 29.1 Å². The van der Waals surface area contributed by atoms with E-state index < -0.39 is 0 Å². The third-order valence-electron chi connectivity index (χ3n) is 2.71. The average Bonchev–Trinajstić information content (AvgIpc) is 2.65. The third-order valence-corrected chi connectivity index (χ3v) is 3.19. The minimum atomic E-state index is -0.103. The molecule has 1 aromatic rings. The maximum absolute atomic E-state index is 11.8. The lowest BCUT2D eigenvalue weighted by atomic mass is 10.1. The van der Waals surface area contributed by atoms with Crippen LogP contribution in [0.25, 0.3) is 0 Å². The first-order valence-corrected chi connectivity index (χ1v) is 5.81. The number of carbonyl (C=O) groups is 1. The number of hydrogen-bond donors (Lipinski definition) is 2. The summed E-state index contributed by atoms with van der Waals surface area (Å²) in [7, 11) is 0. The molecule has 0 saturated carbocycles. The molecule has 3 N–H and O–H groups in total. The van der Waals surface area contributed by atoms with Gasteiger partial charge in [-0.05, 0) is 0 Å². The van der Waals surface area contributed by atoms with Gasteiger partial charge in [0.25, 0.3) is 0 Å². The van der Waals surface area contributed by atoms with Crippen molar-refractivity contribution in [2.75, 3.05) is 23.8 Å². The lowest BCUT2D eigenvalue weighted by molar-refractivity contribution is -0.117. The first kappa shape index (κ1) is 12.4. The number of rotatable bonds is 2. The smallest absolute Gasteiger partial charge is 0.227 e. The van der Waals surface area contributed by atoms with Crippen molar-refractivity contribution in [3.63, 3.8) is 0 Å². The normalized spacial score (nSPS) is 20.1. The van der Waals surface area contributed by atoms with Crippen molar-refractivity contribution in [3.8, 4) is 0 Å². The number of anilines is 2. The predicted molar refractivity (Wildman–Crippen MR) is 66.2 cm³/mol. The number of aliphatic hydroxyl groups excluding tert-OH is 1. The molecule has 0 radical (unpaired) electrons. The summed E-state index contributed by atoms with van der Waals surface area (Å²) in [6.07, 6.45) is 0.299. The Bertz CT molecular complexity index is 467. The van der Waals surface area contributed by atoms with Crippen molar-refractivity contribution >= 4 is 40.5 Å². The number of hydrogen-bond acceptors (Lipinski definition) is 4. The van der Waals surface area contributed by atoms with Gasteiger partial charge >= 0.3 is 0 Å². The number of nitrogens with two attached hydrogens (primary N) is 1. The zero-order valence-corrected chi connectivity index (χ0v) is 10.4. The molecule has 1 fully saturated rings. The van der Waals surface area contributed by atoms with Crippen molar-refractivity contribution in [3.05, 3.63) is 16.4 Å². The zero-order valence-electron chi connectivity index (χ0n) is 8.86. The minimum absolute atomic E-state index is 0.0330. The minimum Gasteiger partial charge on any atom is -0.396 e. The van der Waals surface area contributed by atoms with Crippen LogP contribution < -0.4 is 10.6 Å². The fourth-order valence-corrected chi connectivity index (χ4v) is 2.26. The molecule has 92 valence electrons. The highest BCUT2D eigenvalue weighted by molar-refractivity contribution is 6.35. The third kappa shape index (κ3) is 2.31. The van der Waals surface area contributed by atoms with Gasteiger partial charge in [-0.15, -0.1) is 0 Å². The molecule has 0 aliphatic carbocycles. The van der Waals surface area contributed by atoms with Crippen molar-refractivity contribution in [2.24, 2.45) is 5.92 Å². The maximum atomic E-state index is 11.8. The summed E-state index contributed by atoms with van der Waals surface area (Å²) >= 11 is 11.6. The maximum Gasteiger partial charge on any atom is 0.227 e. The van der Waals surface area contributed by atoms with E-state index in [-0.39, 0.29) is 34.4 Å². The summed E-state index contributed by atoms with van der Waals surface area (Å²) < 4.78 is 0. The molecule has 5 nitrogen and oxygen atoms in total. The molecule has 1 unspecified atom stereocenters. The second-order valence-electron chi connectivity index (χ2n) is 3.93. The van der Waals surface area contributed by atoms with Crippen molar-refractivity contribution in [1.29, 1.82) is 0 Å². The summed E-state index contributed by atoms with van der Waals surface area (Å²) in [5, 5.41) is 9.31. The number of aliphatic hydroxyl groups is 1. The number of halogens is 2. The van der Waals surface area contributed by atoms with Crippen molar-refractivity contribution < 1.29 is 9.90 Å². The van der Waals surface area contributed by atoms with Gasteiger partial charge in [0.1, 0.15) is 5.15 Å². The molecule has 0 bridgehead atoms. The predicted octanol–water partition coefficient (Wildman–Crippen LogP) is 1.32. The monoisotopic (exact) mass is 275 g/mol. The van der Waals surface area contributed by atoms with E-state index in [9.17, 15) is 4.79 Å². The van der Waals surface area contributed by atoms with E-state index in [0.29, 0.717) is 18.7 Å². The molecule has 1 aliphatic heterocycles. The Morgan fingerprint density at radius 2 is 2.29 bits per heavy atom. The van der Waals surface area contributed by atoms with Gasteiger partial charge in [-0.3, -0.25) is 4.79 Å². The van der Waals surface area contributed by atoms with Crippen LogP contribution in [0.2, 0.25) is 10.3 Å². The molecule has 2 rings (SSSR count). The van der Waals surface area contributed by atoms with Gasteiger partial charge in [0.05, 0.1) is 11.4 Å². The topological polar surface area (TPSA) is 79.5 Å². The van der Waals surface area contributed by atoms with Crippen LogP contribution >= 0.6 is 23.2 Å². The summed E-state index contributed by atoms with van der Waals surface area (Å²) in [6, 6.07) is 1.50. The number of amides is 1. The fraction of sp³-hybridized carbons (Fsp3) is 0.400. The second-order valence-corrected chi connectivity index (χ2v) is 4.67. The largest absolute Gasteiger partial charge is 0.396 e. The quantitative estimate of drug-likeness (QED) is 0.798. The van der Waals surface area contributed by atoms with Crippen LogP contribution in [0.5, 0.6) is 0 Å². The Hall–Kier alpha value is -1.04. The highest BCUT2D eigenvalue weighted by atomic mass is 35.5. The van der Waals surface area contributed by atoms with Gasteiger partial charge in [0.15, 0.2) is 5.15 Å². The number of carbonyl (C=O) groups excluding carboxylic acids is 1. The molecule has 1 saturated heterocycles. The standard InChI is InChI=1S/C10H11Cl2N3O2/c11-7-2-6(9(13)10(12)14-7)15-3-5(4-16)1-8(15)17/h2,5,16H,1,3-4,13H2. The van der Waals surface area contributed by atoms with E-state index in [2.05, 4.69) is 4.98 Å². The van der Waals surface area contributed by atoms with E-state index in [1.807, 2.05) is 0 Å². The summed E-state index contributed by atoms with van der Waals surface area (Å²) in [6.45, 7) is 0.380. The lowest BCUT2D eigenvalue weighted by Crippen LogP contribution is -2.26. The van der Waals surface area contributed by atoms with Gasteiger partial charge in [0, 0.05) is 31.6 Å². The Kier molecular flexibility index (Phi) is 3.42. The molecular formula is C10H11Cl2N3O2. The molecule has 1 atom stereocenters. The van der Waals surface area contributed by atoms with Crippen LogP contribution in [0.15, 0.2) is 6.07 Å². The molecule has 0 aromatic carbocycles. The highest BCUT2D eigenvalue weighted by Gasteiger charge is 2.31. The molecule has 1 aromatic heterocycles. The van der Waals surface area contributed by atoms with Crippen molar-refractivity contribution in [2.45, 2.75) is 6.42 Å². The lowest BCUT2D eigenvalue weighted by Gasteiger charge is -2.19. The van der Waals surface area contributed by atoms with Crippen LogP contribution in [0.4, 0.5) is 11.4 Å². The van der Waals surface area contributed by atoms with Crippen LogP contribution in [0.3, 0.4) is 0 Å². The van der Waals surface area contributed by atoms with E-state index in [4.69, 9.17) is 34.0 Å². The average molecular weight is 276 g/mol. The Labute approximate surface area is 108 Å². The zero-order chi connectivity index (χ0) is 12.6. The SMILES string of the molecule is Nc1c(N2CC(CO)CC2=O)cc(Cl)nc1Cl. The Morgan fingerprint density at radius 1 is 1.59 bits per heavy atom. The molecule has 17 heavy (non-hydrogen) atoms. The van der Waals surface area contributed by atoms with E-state index in [1.54, 1.807) is 0 Å². The molecule has 0 spiro atoms. The summed E-state index contributed by atoms with van der Waals surface area (Å²) in [4.78, 5) is 17.0. The number of aromatic nitrogens is 1. The van der Waals surface area contributed by atoms with Gasteiger partial charge < -0.3 is 15.7 Å². The van der Waals surface area contributed by atoms with E-state index in [1.165, 1.54) is 11.0 Å². The fourth-order valence-electron chi connectivity index (χ4n) is 1.84. The molecule has 1 amide bonds. The van der Waals surface area contributed by atoms with Crippen LogP contribution in [0, 0.1) is 5.92 Å². The molecule has 1 aliphatic rings. The molecule has 2 heterocycles. The van der Waals surface area contributed by atoms with Gasteiger partial charge in [-0.1, -0.05) is 23.2 Å². The number of pyridine rings is 1. The van der Waals surface area contributed by atoms with Gasteiger partial charge in [-0.2, -0.15) is 0 Å². The molecular weight excluding hydrogens is 265 g/mol. The summed E-state index contributed by atoms with van der Waals surface area (Å²) in [5.41, 5.74) is 6.45. The number of nitrogen functional groups attached to an aromatic ring is 1. The Balaban J connectivity index is 2.38. The summed E-state index contributed by atoms with van der Waals surface area (Å²) in [5.74, 6) is -0.179. The second kappa shape index (κ2) is 4.68. The Morgan fingerprint density at radius 3 is 2.88 bits per heavy atom. The van der Waals surface area contributed by atoms with Crippen LogP contribution in [0.1, 0.15) is 6.42 Å². The number of nitrogens with zero attached hydrogens (tertiary/aromatic N) is 2. The van der Waals surface area contributed by atoms with Crippen LogP contribution in [-0.2, 0) is 4.79 Å². The highest BCUT2D eigenvalue weighted by Crippen LogP contribution is 2.34. The van der Waals surface area contributed by atoms with E-state index >= 15 is 0 Å². The molecule has 7 heteroatoms.